The van der Waals surface area contributed by atoms with E-state index in [0.717, 1.165) is 17.9 Å². The van der Waals surface area contributed by atoms with Crippen LogP contribution in [0.4, 0.5) is 0 Å². The summed E-state index contributed by atoms with van der Waals surface area (Å²) in [6.45, 7) is 2.01. The molecule has 1 amide bonds. The van der Waals surface area contributed by atoms with E-state index in [2.05, 4.69) is 28.9 Å². The van der Waals surface area contributed by atoms with Crippen LogP contribution in [-0.2, 0) is 4.79 Å². The van der Waals surface area contributed by atoms with E-state index in [0.29, 0.717) is 6.42 Å². The summed E-state index contributed by atoms with van der Waals surface area (Å²) in [4.78, 5) is 11.5. The van der Waals surface area contributed by atoms with Gasteiger partial charge in [-0.3, -0.25) is 4.79 Å². The summed E-state index contributed by atoms with van der Waals surface area (Å²) in [7, 11) is 0. The second kappa shape index (κ2) is 6.45. The van der Waals surface area contributed by atoms with Gasteiger partial charge in [0.25, 0.3) is 0 Å². The SMILES string of the molecule is CCCC(=O)NC1=CCC(c2ccccc2)=CS1. The molecule has 0 radical (unpaired) electrons. The first-order chi connectivity index (χ1) is 8.79. The van der Waals surface area contributed by atoms with Gasteiger partial charge in [0, 0.05) is 6.42 Å². The fourth-order valence-electron chi connectivity index (χ4n) is 1.78. The number of hydrogen-bond acceptors (Lipinski definition) is 2. The highest BCUT2D eigenvalue weighted by Crippen LogP contribution is 2.30. The van der Waals surface area contributed by atoms with E-state index in [1.807, 2.05) is 25.1 Å². The van der Waals surface area contributed by atoms with Crippen molar-refractivity contribution in [1.29, 1.82) is 0 Å². The van der Waals surface area contributed by atoms with Crippen LogP contribution in [0.25, 0.3) is 5.57 Å². The van der Waals surface area contributed by atoms with Crippen molar-refractivity contribution in [1.82, 2.24) is 5.32 Å². The largest absolute Gasteiger partial charge is 0.321 e. The summed E-state index contributed by atoms with van der Waals surface area (Å²) in [6, 6.07) is 10.3. The van der Waals surface area contributed by atoms with Crippen LogP contribution >= 0.6 is 11.8 Å². The Morgan fingerprint density at radius 1 is 1.33 bits per heavy atom. The number of carbonyl (C=O) groups excluding carboxylic acids is 1. The minimum atomic E-state index is 0.104. The molecule has 0 spiro atoms. The molecular weight excluding hydrogens is 242 g/mol. The maximum atomic E-state index is 11.5. The number of thioether (sulfide) groups is 1. The van der Waals surface area contributed by atoms with Crippen LogP contribution in [0, 0.1) is 0 Å². The monoisotopic (exact) mass is 259 g/mol. The molecule has 2 rings (SSSR count). The van der Waals surface area contributed by atoms with Gasteiger partial charge in [-0.25, -0.2) is 0 Å². The molecule has 1 aromatic rings. The molecule has 18 heavy (non-hydrogen) atoms. The highest BCUT2D eigenvalue weighted by Gasteiger charge is 2.09. The molecule has 0 atom stereocenters. The Labute approximate surface area is 112 Å². The maximum Gasteiger partial charge on any atom is 0.224 e. The Kier molecular flexibility index (Phi) is 4.65. The minimum absolute atomic E-state index is 0.104. The lowest BCUT2D eigenvalue weighted by molar-refractivity contribution is -0.120. The molecule has 0 aromatic heterocycles. The predicted molar refractivity (Wildman–Crippen MR) is 77.8 cm³/mol. The molecule has 0 bridgehead atoms. The zero-order valence-corrected chi connectivity index (χ0v) is 11.3. The van der Waals surface area contributed by atoms with Crippen LogP contribution in [-0.4, -0.2) is 5.91 Å². The van der Waals surface area contributed by atoms with Crippen molar-refractivity contribution in [3.8, 4) is 0 Å². The fourth-order valence-corrected chi connectivity index (χ4v) is 2.63. The second-order valence-electron chi connectivity index (χ2n) is 4.20. The van der Waals surface area contributed by atoms with Gasteiger partial charge in [-0.2, -0.15) is 0 Å². The normalized spacial score (nSPS) is 14.7. The summed E-state index contributed by atoms with van der Waals surface area (Å²) in [5.74, 6) is 0.104. The van der Waals surface area contributed by atoms with Crippen LogP contribution in [0.5, 0.6) is 0 Å². The third-order valence-electron chi connectivity index (χ3n) is 2.72. The van der Waals surface area contributed by atoms with E-state index >= 15 is 0 Å². The number of hydrogen-bond donors (Lipinski definition) is 1. The van der Waals surface area contributed by atoms with Gasteiger partial charge in [0.1, 0.15) is 0 Å². The van der Waals surface area contributed by atoms with Crippen LogP contribution in [0.1, 0.15) is 31.7 Å². The van der Waals surface area contributed by atoms with E-state index in [1.54, 1.807) is 11.8 Å². The predicted octanol–water partition coefficient (Wildman–Crippen LogP) is 3.92. The molecule has 0 unspecified atom stereocenters. The van der Waals surface area contributed by atoms with E-state index in [1.165, 1.54) is 11.1 Å². The average Bonchev–Trinajstić information content (AvgIpc) is 2.41. The molecule has 1 N–H and O–H groups in total. The summed E-state index contributed by atoms with van der Waals surface area (Å²) in [5, 5.41) is 6.01. The third kappa shape index (κ3) is 3.50. The van der Waals surface area contributed by atoms with Crippen molar-refractivity contribution in [2.24, 2.45) is 0 Å². The third-order valence-corrected chi connectivity index (χ3v) is 3.64. The quantitative estimate of drug-likeness (QED) is 0.888. The van der Waals surface area contributed by atoms with E-state index in [-0.39, 0.29) is 5.91 Å². The van der Waals surface area contributed by atoms with Crippen LogP contribution in [0.3, 0.4) is 0 Å². The number of benzene rings is 1. The highest BCUT2D eigenvalue weighted by atomic mass is 32.2. The van der Waals surface area contributed by atoms with Gasteiger partial charge < -0.3 is 5.32 Å². The lowest BCUT2D eigenvalue weighted by Crippen LogP contribution is -2.20. The first-order valence-electron chi connectivity index (χ1n) is 6.20. The molecular formula is C15H17NOS. The lowest BCUT2D eigenvalue weighted by Gasteiger charge is -2.14. The Balaban J connectivity index is 1.93. The topological polar surface area (TPSA) is 29.1 Å². The lowest BCUT2D eigenvalue weighted by atomic mass is 10.0. The van der Waals surface area contributed by atoms with Crippen LogP contribution < -0.4 is 5.32 Å². The van der Waals surface area contributed by atoms with Gasteiger partial charge in [-0.15, -0.1) is 0 Å². The van der Waals surface area contributed by atoms with Crippen molar-refractivity contribution < 1.29 is 4.79 Å². The van der Waals surface area contributed by atoms with Gasteiger partial charge in [-0.05, 0) is 35.5 Å². The summed E-state index contributed by atoms with van der Waals surface area (Å²) >= 11 is 1.59. The van der Waals surface area contributed by atoms with Gasteiger partial charge in [0.15, 0.2) is 0 Å². The highest BCUT2D eigenvalue weighted by molar-refractivity contribution is 8.06. The van der Waals surface area contributed by atoms with Crippen LogP contribution in [0.2, 0.25) is 0 Å². The average molecular weight is 259 g/mol. The molecule has 3 heteroatoms. The smallest absolute Gasteiger partial charge is 0.224 e. The van der Waals surface area contributed by atoms with Crippen molar-refractivity contribution in [2.45, 2.75) is 26.2 Å². The Morgan fingerprint density at radius 3 is 2.72 bits per heavy atom. The number of rotatable bonds is 4. The maximum absolute atomic E-state index is 11.5. The van der Waals surface area contributed by atoms with E-state index in [4.69, 9.17) is 0 Å². The first kappa shape index (κ1) is 13.0. The molecule has 1 aromatic carbocycles. The van der Waals surface area contributed by atoms with E-state index in [9.17, 15) is 4.79 Å². The first-order valence-corrected chi connectivity index (χ1v) is 7.08. The van der Waals surface area contributed by atoms with Crippen molar-refractivity contribution in [3.63, 3.8) is 0 Å². The van der Waals surface area contributed by atoms with Crippen LogP contribution in [0.15, 0.2) is 46.8 Å². The Bertz CT molecular complexity index is 477. The Morgan fingerprint density at radius 2 is 2.11 bits per heavy atom. The number of carbonyl (C=O) groups is 1. The molecule has 0 aliphatic carbocycles. The zero-order valence-electron chi connectivity index (χ0n) is 10.5. The zero-order chi connectivity index (χ0) is 12.8. The summed E-state index contributed by atoms with van der Waals surface area (Å²) in [6.07, 6.45) is 4.43. The standard InChI is InChI=1S/C15H17NOS/c1-2-6-14(17)16-15-10-9-13(11-18-15)12-7-4-3-5-8-12/h3-5,7-8,10-11H,2,6,9H2,1H3,(H,16,17). The minimum Gasteiger partial charge on any atom is -0.321 e. The fraction of sp³-hybridized carbons (Fsp3) is 0.267. The second-order valence-corrected chi connectivity index (χ2v) is 5.11. The molecule has 94 valence electrons. The molecule has 1 aliphatic rings. The van der Waals surface area contributed by atoms with Gasteiger partial charge in [0.05, 0.1) is 5.03 Å². The number of nitrogens with one attached hydrogen (secondary N) is 1. The number of amides is 1. The van der Waals surface area contributed by atoms with Crippen molar-refractivity contribution in [3.05, 3.63) is 52.4 Å². The molecule has 2 nitrogen and oxygen atoms in total. The summed E-state index contributed by atoms with van der Waals surface area (Å²) < 4.78 is 0. The van der Waals surface area contributed by atoms with E-state index < -0.39 is 0 Å². The molecule has 1 aliphatic heterocycles. The van der Waals surface area contributed by atoms with Gasteiger partial charge in [-0.1, -0.05) is 49.0 Å². The van der Waals surface area contributed by atoms with Gasteiger partial charge in [0.2, 0.25) is 5.91 Å². The Hall–Kier alpha value is -1.48. The molecule has 1 heterocycles. The van der Waals surface area contributed by atoms with Crippen molar-refractivity contribution >= 4 is 23.2 Å². The summed E-state index contributed by atoms with van der Waals surface area (Å²) in [5.41, 5.74) is 2.55. The van der Waals surface area contributed by atoms with Gasteiger partial charge >= 0.3 is 0 Å². The molecule has 0 fully saturated rings. The number of allylic oxidation sites excluding steroid dienone is 2. The van der Waals surface area contributed by atoms with Crippen molar-refractivity contribution in [2.75, 3.05) is 0 Å². The molecule has 0 saturated heterocycles. The molecule has 0 saturated carbocycles.